The van der Waals surface area contributed by atoms with Gasteiger partial charge in [0.15, 0.2) is 11.0 Å². The second-order valence-electron chi connectivity index (χ2n) is 11.4. The molecule has 1 unspecified atom stereocenters. The first kappa shape index (κ1) is 25.3. The molecule has 2 aliphatic carbocycles. The smallest absolute Gasteiger partial charge is 0.257 e. The summed E-state index contributed by atoms with van der Waals surface area (Å²) in [4.78, 5) is 17.2. The Hall–Kier alpha value is -3.72. The van der Waals surface area contributed by atoms with Crippen LogP contribution in [-0.4, -0.2) is 32.3 Å². The zero-order valence-corrected chi connectivity index (χ0v) is 23.3. The van der Waals surface area contributed by atoms with E-state index in [9.17, 15) is 4.79 Å². The Morgan fingerprint density at radius 3 is 2.70 bits per heavy atom. The lowest BCUT2D eigenvalue weighted by Crippen LogP contribution is -2.13. The summed E-state index contributed by atoms with van der Waals surface area (Å²) in [5.41, 5.74) is 2.09. The maximum atomic E-state index is 13.1. The first-order valence-corrected chi connectivity index (χ1v) is 15.2. The molecule has 8 nitrogen and oxygen atoms in total. The summed E-state index contributed by atoms with van der Waals surface area (Å²) < 4.78 is 14.7. The van der Waals surface area contributed by atoms with Crippen LogP contribution in [0.15, 0.2) is 54.0 Å². The Kier molecular flexibility index (Phi) is 6.75. The normalized spacial score (nSPS) is 19.1. The van der Waals surface area contributed by atoms with Crippen molar-refractivity contribution < 1.29 is 14.3 Å². The lowest BCUT2D eigenvalue weighted by atomic mass is 10.0. The number of hydrogen-bond acceptors (Lipinski definition) is 7. The number of rotatable bonds is 8. The molecule has 0 bridgehead atoms. The average molecular weight is 556 g/mol. The minimum absolute atomic E-state index is 0.245. The number of ether oxygens (including phenoxy) is 2. The number of hydrogen-bond donors (Lipinski definition) is 1. The SMILES string of the molecule is O=C(Nc1nccs1)c1cc(OCC2CCC3(CC3)C2)cc(Oc2ccc(-c3nnc4n3CCCCC4)cc2)c1. The highest BCUT2D eigenvalue weighted by Crippen LogP contribution is 2.59. The van der Waals surface area contributed by atoms with Crippen LogP contribution in [-0.2, 0) is 13.0 Å². The van der Waals surface area contributed by atoms with Crippen molar-refractivity contribution in [2.75, 3.05) is 11.9 Å². The highest BCUT2D eigenvalue weighted by Gasteiger charge is 2.48. The topological polar surface area (TPSA) is 91.2 Å². The fourth-order valence-corrected chi connectivity index (χ4v) is 6.64. The van der Waals surface area contributed by atoms with Gasteiger partial charge in [-0.25, -0.2) is 4.98 Å². The number of carbonyl (C=O) groups is 1. The van der Waals surface area contributed by atoms with E-state index in [4.69, 9.17) is 9.47 Å². The number of thiazole rings is 1. The molecular weight excluding hydrogens is 522 g/mol. The summed E-state index contributed by atoms with van der Waals surface area (Å²) in [5, 5.41) is 14.2. The largest absolute Gasteiger partial charge is 0.493 e. The lowest BCUT2D eigenvalue weighted by molar-refractivity contribution is 0.102. The molecule has 2 aromatic heterocycles. The fourth-order valence-electron chi connectivity index (χ4n) is 6.12. The molecule has 7 rings (SSSR count). The van der Waals surface area contributed by atoms with Crippen LogP contribution in [0.2, 0.25) is 0 Å². The predicted octanol–water partition coefficient (Wildman–Crippen LogP) is 7.13. The number of carbonyl (C=O) groups excluding carboxylic acids is 1. The first-order valence-electron chi connectivity index (χ1n) is 14.3. The van der Waals surface area contributed by atoms with Gasteiger partial charge in [0.2, 0.25) is 0 Å². The van der Waals surface area contributed by atoms with Gasteiger partial charge < -0.3 is 14.0 Å². The summed E-state index contributed by atoms with van der Waals surface area (Å²) in [5.74, 6) is 4.16. The second-order valence-corrected chi connectivity index (χ2v) is 12.3. The molecule has 206 valence electrons. The number of nitrogens with zero attached hydrogens (tertiary/aromatic N) is 4. The van der Waals surface area contributed by atoms with E-state index in [1.165, 1.54) is 56.3 Å². The number of benzene rings is 2. The van der Waals surface area contributed by atoms with Gasteiger partial charge in [-0.3, -0.25) is 10.1 Å². The van der Waals surface area contributed by atoms with Gasteiger partial charge in [0.1, 0.15) is 23.1 Å². The molecule has 4 aromatic rings. The standard InChI is InChI=1S/C31H33N5O3S/c37-29(33-30-32-13-15-40-30)23-16-25(38-20-21-9-10-31(19-21)11-12-31)18-26(17-23)39-24-7-5-22(6-8-24)28-35-34-27-4-2-1-3-14-36(27)28/h5-8,13,15-18,21H,1-4,9-12,14,19-20H2,(H,32,33,37). The molecule has 2 saturated carbocycles. The zero-order valence-electron chi connectivity index (χ0n) is 22.5. The van der Waals surface area contributed by atoms with Crippen LogP contribution in [0.1, 0.15) is 67.5 Å². The summed E-state index contributed by atoms with van der Waals surface area (Å²) in [6, 6.07) is 13.3. The van der Waals surface area contributed by atoms with Gasteiger partial charge in [-0.15, -0.1) is 21.5 Å². The number of anilines is 1. The Morgan fingerprint density at radius 2 is 1.90 bits per heavy atom. The molecule has 1 amide bonds. The maximum Gasteiger partial charge on any atom is 0.257 e. The fraction of sp³-hybridized carbons (Fsp3) is 0.419. The number of fused-ring (bicyclic) bond motifs is 1. The van der Waals surface area contributed by atoms with Gasteiger partial charge >= 0.3 is 0 Å². The van der Waals surface area contributed by atoms with Crippen LogP contribution in [0.5, 0.6) is 17.2 Å². The highest BCUT2D eigenvalue weighted by molar-refractivity contribution is 7.13. The third-order valence-corrected chi connectivity index (χ3v) is 9.19. The van der Waals surface area contributed by atoms with Crippen LogP contribution in [0.25, 0.3) is 11.4 Å². The van der Waals surface area contributed by atoms with E-state index < -0.39 is 0 Å². The third kappa shape index (κ3) is 5.47. The molecular formula is C31H33N5O3S. The van der Waals surface area contributed by atoms with E-state index in [0.717, 1.165) is 36.6 Å². The molecule has 1 atom stereocenters. The third-order valence-electron chi connectivity index (χ3n) is 8.50. The molecule has 2 aromatic carbocycles. The Balaban J connectivity index is 1.09. The van der Waals surface area contributed by atoms with Crippen molar-refractivity contribution in [2.45, 2.75) is 64.3 Å². The van der Waals surface area contributed by atoms with Crippen LogP contribution in [0.3, 0.4) is 0 Å². The Labute approximate surface area is 237 Å². The van der Waals surface area contributed by atoms with Gasteiger partial charge in [0.05, 0.1) is 6.61 Å². The van der Waals surface area contributed by atoms with E-state index in [0.29, 0.717) is 45.9 Å². The van der Waals surface area contributed by atoms with Crippen molar-refractivity contribution in [1.29, 1.82) is 0 Å². The van der Waals surface area contributed by atoms with Crippen molar-refractivity contribution in [1.82, 2.24) is 19.7 Å². The van der Waals surface area contributed by atoms with Crippen LogP contribution in [0, 0.1) is 11.3 Å². The second kappa shape index (κ2) is 10.7. The lowest BCUT2D eigenvalue weighted by Gasteiger charge is -2.15. The van der Waals surface area contributed by atoms with E-state index >= 15 is 0 Å². The summed E-state index contributed by atoms with van der Waals surface area (Å²) >= 11 is 1.38. The Morgan fingerprint density at radius 1 is 1.02 bits per heavy atom. The van der Waals surface area contributed by atoms with Crippen molar-refractivity contribution in [3.8, 4) is 28.6 Å². The molecule has 1 aliphatic heterocycles. The molecule has 0 radical (unpaired) electrons. The van der Waals surface area contributed by atoms with Crippen molar-refractivity contribution in [3.05, 3.63) is 65.4 Å². The van der Waals surface area contributed by atoms with Gasteiger partial charge in [-0.2, -0.15) is 0 Å². The van der Waals surface area contributed by atoms with E-state index in [1.807, 2.05) is 35.7 Å². The summed E-state index contributed by atoms with van der Waals surface area (Å²) in [7, 11) is 0. The quantitative estimate of drug-likeness (QED) is 0.249. The van der Waals surface area contributed by atoms with E-state index in [2.05, 4.69) is 25.1 Å². The number of nitrogens with one attached hydrogen (secondary N) is 1. The van der Waals surface area contributed by atoms with E-state index in [1.54, 1.807) is 18.3 Å². The minimum Gasteiger partial charge on any atom is -0.493 e. The monoisotopic (exact) mass is 555 g/mol. The van der Waals surface area contributed by atoms with Crippen LogP contribution >= 0.6 is 11.3 Å². The molecule has 2 fully saturated rings. The highest BCUT2D eigenvalue weighted by atomic mass is 32.1. The minimum atomic E-state index is -0.245. The molecule has 9 heteroatoms. The van der Waals surface area contributed by atoms with Crippen molar-refractivity contribution >= 4 is 22.4 Å². The van der Waals surface area contributed by atoms with Crippen molar-refractivity contribution in [2.24, 2.45) is 11.3 Å². The molecule has 1 spiro atoms. The molecule has 3 aliphatic rings. The molecule has 1 N–H and O–H groups in total. The van der Waals surface area contributed by atoms with Crippen LogP contribution < -0.4 is 14.8 Å². The maximum absolute atomic E-state index is 13.1. The van der Waals surface area contributed by atoms with Crippen LogP contribution in [0.4, 0.5) is 5.13 Å². The first-order chi connectivity index (χ1) is 19.6. The van der Waals surface area contributed by atoms with Gasteiger partial charge in [0.25, 0.3) is 5.91 Å². The summed E-state index contributed by atoms with van der Waals surface area (Å²) in [6.45, 7) is 1.62. The predicted molar refractivity (Wildman–Crippen MR) is 154 cm³/mol. The molecule has 3 heterocycles. The summed E-state index contributed by atoms with van der Waals surface area (Å²) in [6.07, 6.45) is 12.7. The number of amides is 1. The van der Waals surface area contributed by atoms with Gasteiger partial charge in [-0.1, -0.05) is 6.42 Å². The number of aryl methyl sites for hydroxylation is 1. The molecule has 0 saturated heterocycles. The Bertz CT molecular complexity index is 1490. The van der Waals surface area contributed by atoms with Gasteiger partial charge in [-0.05, 0) is 92.7 Å². The number of aromatic nitrogens is 4. The zero-order chi connectivity index (χ0) is 26.9. The average Bonchev–Trinajstić information content (AvgIpc) is 3.22. The van der Waals surface area contributed by atoms with E-state index in [-0.39, 0.29) is 5.91 Å². The van der Waals surface area contributed by atoms with Gasteiger partial charge in [0, 0.05) is 41.7 Å². The molecule has 40 heavy (non-hydrogen) atoms. The van der Waals surface area contributed by atoms with Crippen molar-refractivity contribution in [3.63, 3.8) is 0 Å².